The summed E-state index contributed by atoms with van der Waals surface area (Å²) >= 11 is 4.70. The van der Waals surface area contributed by atoms with Gasteiger partial charge in [-0.1, -0.05) is 39.9 Å². The summed E-state index contributed by atoms with van der Waals surface area (Å²) in [5, 5.41) is 4.33. The van der Waals surface area contributed by atoms with Crippen LogP contribution in [-0.4, -0.2) is 10.6 Å². The molecular weight excluding hydrogens is 144 g/mol. The molecule has 0 aromatic rings. The minimum Gasteiger partial charge on any atom is -0.0919 e. The molecule has 1 unspecified atom stereocenters. The van der Waals surface area contributed by atoms with Crippen molar-refractivity contribution in [3.63, 3.8) is 0 Å². The zero-order valence-electron chi connectivity index (χ0n) is 3.53. The molecule has 0 radical (unpaired) electrons. The van der Waals surface area contributed by atoms with E-state index in [2.05, 4.69) is 11.5 Å². The summed E-state index contributed by atoms with van der Waals surface area (Å²) in [5.41, 5.74) is 0. The quantitative estimate of drug-likeness (QED) is 0.413. The van der Waals surface area contributed by atoms with Crippen molar-refractivity contribution in [1.82, 2.24) is 0 Å². The fraction of sp³-hybridized carbons (Fsp3) is 0.250. The summed E-state index contributed by atoms with van der Waals surface area (Å²) in [7, 11) is 3.53. The molecule has 1 aliphatic rings. The van der Waals surface area contributed by atoms with Gasteiger partial charge >= 0.3 is 0 Å². The van der Waals surface area contributed by atoms with Gasteiger partial charge in [-0.15, -0.1) is 0 Å². The highest BCUT2D eigenvalue weighted by atomic mass is 33.1. The molecule has 0 spiro atoms. The van der Waals surface area contributed by atoms with Gasteiger partial charge in [-0.05, 0) is 10.8 Å². The van der Waals surface area contributed by atoms with Crippen molar-refractivity contribution >= 4 is 39.2 Å². The fourth-order valence-corrected chi connectivity index (χ4v) is 2.62. The number of thiocarbonyl (C=S) groups is 1. The third-order valence-corrected chi connectivity index (χ3v) is 3.32. The van der Waals surface area contributed by atoms with Crippen LogP contribution in [0, 0.1) is 0 Å². The molecule has 0 aromatic carbocycles. The molecule has 1 aliphatic heterocycles. The van der Waals surface area contributed by atoms with Crippen LogP contribution in [0.15, 0.2) is 11.5 Å². The van der Waals surface area contributed by atoms with Gasteiger partial charge in [0.05, 0.1) is 5.25 Å². The zero-order valence-corrected chi connectivity index (χ0v) is 5.98. The fourth-order valence-electron chi connectivity index (χ4n) is 0.306. The number of hydrogen-bond acceptors (Lipinski definition) is 3. The molecular formula is C4H4S3. The second-order valence-corrected chi connectivity index (χ2v) is 3.75. The molecule has 1 heterocycles. The van der Waals surface area contributed by atoms with Gasteiger partial charge in [0.2, 0.25) is 0 Å². The van der Waals surface area contributed by atoms with Gasteiger partial charge in [0.15, 0.2) is 0 Å². The molecule has 38 valence electrons. The van der Waals surface area contributed by atoms with Crippen molar-refractivity contribution in [2.45, 2.75) is 5.25 Å². The Balaban J connectivity index is 2.42. The van der Waals surface area contributed by atoms with Crippen LogP contribution in [0.25, 0.3) is 0 Å². The zero-order chi connectivity index (χ0) is 5.11. The van der Waals surface area contributed by atoms with Gasteiger partial charge in [0, 0.05) is 0 Å². The predicted octanol–water partition coefficient (Wildman–Crippen LogP) is 2.26. The second-order valence-electron chi connectivity index (χ2n) is 1.12. The maximum absolute atomic E-state index is 4.70. The topological polar surface area (TPSA) is 0 Å². The molecule has 0 bridgehead atoms. The lowest BCUT2D eigenvalue weighted by atomic mass is 10.5. The summed E-state index contributed by atoms with van der Waals surface area (Å²) in [4.78, 5) is 0. The maximum atomic E-state index is 4.70. The summed E-state index contributed by atoms with van der Waals surface area (Å²) in [6.07, 6.45) is 2.10. The Kier molecular flexibility index (Phi) is 2.22. The lowest BCUT2D eigenvalue weighted by molar-refractivity contribution is 1.64. The van der Waals surface area contributed by atoms with Crippen LogP contribution in [0.3, 0.4) is 0 Å². The van der Waals surface area contributed by atoms with E-state index in [1.807, 2.05) is 0 Å². The molecule has 0 nitrogen and oxygen atoms in total. The Bertz CT molecular complexity index is 97.1. The Morgan fingerprint density at radius 3 is 2.86 bits per heavy atom. The van der Waals surface area contributed by atoms with E-state index < -0.39 is 0 Å². The van der Waals surface area contributed by atoms with Gasteiger partial charge in [0.1, 0.15) is 0 Å². The van der Waals surface area contributed by atoms with Crippen molar-refractivity contribution < 1.29 is 0 Å². The summed E-state index contributed by atoms with van der Waals surface area (Å²) in [6, 6.07) is 0. The summed E-state index contributed by atoms with van der Waals surface area (Å²) in [5.74, 6) is 0. The molecule has 0 aliphatic carbocycles. The van der Waals surface area contributed by atoms with E-state index in [-0.39, 0.29) is 0 Å². The summed E-state index contributed by atoms with van der Waals surface area (Å²) in [6.45, 7) is 0. The predicted molar refractivity (Wildman–Crippen MR) is 41.8 cm³/mol. The first-order valence-corrected chi connectivity index (χ1v) is 4.62. The first kappa shape index (κ1) is 5.66. The van der Waals surface area contributed by atoms with Gasteiger partial charge in [-0.2, -0.15) is 0 Å². The van der Waals surface area contributed by atoms with E-state index in [9.17, 15) is 0 Å². The van der Waals surface area contributed by atoms with E-state index >= 15 is 0 Å². The van der Waals surface area contributed by atoms with Gasteiger partial charge in [-0.3, -0.25) is 0 Å². The van der Waals surface area contributed by atoms with Crippen molar-refractivity contribution in [2.75, 3.05) is 0 Å². The average molecular weight is 148 g/mol. The van der Waals surface area contributed by atoms with Crippen LogP contribution >= 0.6 is 33.8 Å². The molecule has 0 fully saturated rings. The molecule has 1 atom stereocenters. The lowest BCUT2D eigenvalue weighted by Crippen LogP contribution is -1.89. The second kappa shape index (κ2) is 2.74. The Morgan fingerprint density at radius 1 is 1.71 bits per heavy atom. The minimum absolute atomic E-state index is 0.486. The number of hydrogen-bond donors (Lipinski definition) is 0. The van der Waals surface area contributed by atoms with Crippen LogP contribution in [0.4, 0.5) is 0 Å². The Labute approximate surface area is 56.1 Å². The molecule has 3 heteroatoms. The van der Waals surface area contributed by atoms with Crippen molar-refractivity contribution in [3.8, 4) is 0 Å². The van der Waals surface area contributed by atoms with E-state index in [0.29, 0.717) is 5.25 Å². The molecule has 0 amide bonds. The maximum Gasteiger partial charge on any atom is 0.0625 e. The highest BCUT2D eigenvalue weighted by Gasteiger charge is 2.04. The largest absolute Gasteiger partial charge is 0.0919 e. The first-order chi connectivity index (χ1) is 3.43. The standard InChI is InChI=1S/C4H4S3/c5-3-4-1-2-6-7-4/h1-4H. The molecule has 0 aromatic heterocycles. The minimum atomic E-state index is 0.486. The van der Waals surface area contributed by atoms with Gasteiger partial charge < -0.3 is 0 Å². The van der Waals surface area contributed by atoms with Crippen molar-refractivity contribution in [1.29, 1.82) is 0 Å². The monoisotopic (exact) mass is 148 g/mol. The van der Waals surface area contributed by atoms with Crippen molar-refractivity contribution in [3.05, 3.63) is 11.5 Å². The van der Waals surface area contributed by atoms with Crippen LogP contribution in [0.2, 0.25) is 0 Å². The molecule has 0 saturated heterocycles. The normalized spacial score (nSPS) is 28.3. The van der Waals surface area contributed by atoms with Crippen LogP contribution in [-0.2, 0) is 0 Å². The van der Waals surface area contributed by atoms with E-state index in [1.54, 1.807) is 27.0 Å². The summed E-state index contributed by atoms with van der Waals surface area (Å²) < 4.78 is 0. The van der Waals surface area contributed by atoms with Crippen LogP contribution in [0.1, 0.15) is 0 Å². The third-order valence-electron chi connectivity index (χ3n) is 0.625. The highest BCUT2D eigenvalue weighted by Crippen LogP contribution is 2.34. The Morgan fingerprint density at radius 2 is 2.57 bits per heavy atom. The average Bonchev–Trinajstić information content (AvgIpc) is 2.14. The van der Waals surface area contributed by atoms with E-state index in [0.717, 1.165) is 0 Å². The van der Waals surface area contributed by atoms with Crippen molar-refractivity contribution in [2.24, 2.45) is 0 Å². The lowest BCUT2D eigenvalue weighted by Gasteiger charge is -1.89. The third kappa shape index (κ3) is 1.48. The molecule has 7 heavy (non-hydrogen) atoms. The van der Waals surface area contributed by atoms with Gasteiger partial charge in [0.25, 0.3) is 0 Å². The molecule has 1 rings (SSSR count). The van der Waals surface area contributed by atoms with Crippen LogP contribution < -0.4 is 0 Å². The highest BCUT2D eigenvalue weighted by molar-refractivity contribution is 8.78. The van der Waals surface area contributed by atoms with Crippen LogP contribution in [0.5, 0.6) is 0 Å². The van der Waals surface area contributed by atoms with E-state index in [1.165, 1.54) is 0 Å². The first-order valence-electron chi connectivity index (χ1n) is 1.87. The number of rotatable bonds is 1. The van der Waals surface area contributed by atoms with Gasteiger partial charge in [-0.25, -0.2) is 0 Å². The smallest absolute Gasteiger partial charge is 0.0625 e. The molecule has 0 saturated carbocycles. The molecule has 0 N–H and O–H groups in total. The SMILES string of the molecule is S=CC1C=CSS1. The Hall–Kier alpha value is 0.530. The van der Waals surface area contributed by atoms with E-state index in [4.69, 9.17) is 12.2 Å².